The van der Waals surface area contributed by atoms with Crippen molar-refractivity contribution in [2.24, 2.45) is 5.73 Å². The summed E-state index contributed by atoms with van der Waals surface area (Å²) in [5.74, 6) is 0.450. The monoisotopic (exact) mass is 311 g/mol. The predicted octanol–water partition coefficient (Wildman–Crippen LogP) is 2.58. The highest BCUT2D eigenvalue weighted by atomic mass is 79.9. The minimum atomic E-state index is -0.810. The van der Waals surface area contributed by atoms with Crippen LogP contribution in [0.4, 0.5) is 0 Å². The van der Waals surface area contributed by atoms with Gasteiger partial charge in [0.2, 0.25) is 0 Å². The fraction of sp³-hybridized carbons (Fsp3) is 0.500. The zero-order valence-corrected chi connectivity index (χ0v) is 10.5. The van der Waals surface area contributed by atoms with Crippen LogP contribution < -0.4 is 5.73 Å². The molecule has 0 radical (unpaired) electrons. The van der Waals surface area contributed by atoms with Crippen molar-refractivity contribution in [3.63, 3.8) is 0 Å². The highest BCUT2D eigenvalue weighted by molar-refractivity contribution is 9.13. The Morgan fingerprint density at radius 1 is 1.54 bits per heavy atom. The topological polar surface area (TPSA) is 59.4 Å². The quantitative estimate of drug-likeness (QED) is 0.882. The van der Waals surface area contributed by atoms with E-state index >= 15 is 0 Å². The molecule has 3 nitrogen and oxygen atoms in total. The molecule has 0 saturated heterocycles. The Labute approximate surface area is 93.6 Å². The second-order valence-corrected chi connectivity index (χ2v) is 5.07. The maximum atomic E-state index is 9.73. The zero-order valence-electron chi connectivity index (χ0n) is 7.34. The van der Waals surface area contributed by atoms with Crippen LogP contribution in [0, 0.1) is 0 Å². The van der Waals surface area contributed by atoms with E-state index in [9.17, 15) is 5.11 Å². The Balaban J connectivity index is 2.96. The lowest BCUT2D eigenvalue weighted by Gasteiger charge is -2.23. The molecular weight excluding hydrogens is 302 g/mol. The van der Waals surface area contributed by atoms with E-state index in [1.807, 2.05) is 0 Å². The first-order valence-corrected chi connectivity index (χ1v) is 5.32. The number of hydrogen-bond donors (Lipinski definition) is 2. The van der Waals surface area contributed by atoms with Crippen LogP contribution in [-0.4, -0.2) is 10.6 Å². The van der Waals surface area contributed by atoms with Crippen LogP contribution in [0.25, 0.3) is 0 Å². The van der Waals surface area contributed by atoms with E-state index in [0.717, 1.165) is 4.47 Å². The molecule has 5 heteroatoms. The minimum Gasteiger partial charge on any atom is -0.450 e. The summed E-state index contributed by atoms with van der Waals surface area (Å²) in [6.07, 6.45) is -0.810. The summed E-state index contributed by atoms with van der Waals surface area (Å²) in [5, 5.41) is 9.73. The number of furan rings is 1. The second kappa shape index (κ2) is 3.73. The standard InChI is InChI=1S/C8H11Br2NO2/c1-8(2,11)6(12)5-3-4(9)7(10)13-5/h3,6,12H,11H2,1-2H3. The summed E-state index contributed by atoms with van der Waals surface area (Å²) >= 11 is 6.44. The Kier molecular flexibility index (Phi) is 3.22. The van der Waals surface area contributed by atoms with Crippen molar-refractivity contribution < 1.29 is 9.52 Å². The van der Waals surface area contributed by atoms with Crippen LogP contribution in [0.5, 0.6) is 0 Å². The molecule has 0 fully saturated rings. The number of nitrogens with two attached hydrogens (primary N) is 1. The van der Waals surface area contributed by atoms with Crippen molar-refractivity contribution in [1.82, 2.24) is 0 Å². The number of hydrogen-bond acceptors (Lipinski definition) is 3. The van der Waals surface area contributed by atoms with Crippen molar-refractivity contribution in [2.75, 3.05) is 0 Å². The van der Waals surface area contributed by atoms with E-state index in [0.29, 0.717) is 10.4 Å². The van der Waals surface area contributed by atoms with Gasteiger partial charge < -0.3 is 15.3 Å². The molecule has 13 heavy (non-hydrogen) atoms. The highest BCUT2D eigenvalue weighted by Crippen LogP contribution is 2.32. The molecule has 74 valence electrons. The van der Waals surface area contributed by atoms with Gasteiger partial charge >= 0.3 is 0 Å². The van der Waals surface area contributed by atoms with Crippen LogP contribution in [0.15, 0.2) is 19.6 Å². The van der Waals surface area contributed by atoms with Crippen LogP contribution >= 0.6 is 31.9 Å². The fourth-order valence-corrected chi connectivity index (χ4v) is 1.47. The molecule has 1 heterocycles. The molecule has 1 unspecified atom stereocenters. The van der Waals surface area contributed by atoms with Crippen LogP contribution in [0.3, 0.4) is 0 Å². The molecule has 1 aromatic heterocycles. The first-order valence-electron chi connectivity index (χ1n) is 3.74. The van der Waals surface area contributed by atoms with E-state index in [1.54, 1.807) is 19.9 Å². The van der Waals surface area contributed by atoms with Crippen molar-refractivity contribution in [3.8, 4) is 0 Å². The van der Waals surface area contributed by atoms with E-state index < -0.39 is 11.6 Å². The van der Waals surface area contributed by atoms with Gasteiger partial charge in [0.05, 0.1) is 4.47 Å². The molecular formula is C8H11Br2NO2. The number of rotatable bonds is 2. The molecule has 1 atom stereocenters. The third-order valence-electron chi connectivity index (χ3n) is 1.64. The number of aliphatic hydroxyl groups excluding tert-OH is 1. The summed E-state index contributed by atoms with van der Waals surface area (Å²) in [6.45, 7) is 3.48. The van der Waals surface area contributed by atoms with Crippen LogP contribution in [0.1, 0.15) is 25.7 Å². The van der Waals surface area contributed by atoms with Crippen molar-refractivity contribution in [2.45, 2.75) is 25.5 Å². The molecule has 0 aliphatic carbocycles. The van der Waals surface area contributed by atoms with Gasteiger partial charge in [-0.1, -0.05) is 0 Å². The molecule has 0 aromatic carbocycles. The third kappa shape index (κ3) is 2.56. The summed E-state index contributed by atoms with van der Waals surface area (Å²) in [6, 6.07) is 1.70. The molecule has 0 amide bonds. The molecule has 0 spiro atoms. The van der Waals surface area contributed by atoms with E-state index in [1.165, 1.54) is 0 Å². The highest BCUT2D eigenvalue weighted by Gasteiger charge is 2.27. The van der Waals surface area contributed by atoms with Crippen LogP contribution in [0.2, 0.25) is 0 Å². The second-order valence-electron chi connectivity index (χ2n) is 3.49. The zero-order chi connectivity index (χ0) is 10.2. The molecule has 3 N–H and O–H groups in total. The normalized spacial score (nSPS) is 14.6. The van der Waals surface area contributed by atoms with Gasteiger partial charge in [0.15, 0.2) is 4.67 Å². The van der Waals surface area contributed by atoms with Gasteiger partial charge in [-0.3, -0.25) is 0 Å². The largest absolute Gasteiger partial charge is 0.450 e. The Morgan fingerprint density at radius 3 is 2.38 bits per heavy atom. The van der Waals surface area contributed by atoms with Gasteiger partial charge in [0, 0.05) is 5.54 Å². The average molecular weight is 313 g/mol. The summed E-state index contributed by atoms with van der Waals surface area (Å²) < 4.78 is 6.57. The smallest absolute Gasteiger partial charge is 0.183 e. The molecule has 0 aliphatic heterocycles. The lowest BCUT2D eigenvalue weighted by molar-refractivity contribution is 0.0816. The van der Waals surface area contributed by atoms with E-state index in [-0.39, 0.29) is 0 Å². The molecule has 0 aliphatic rings. The molecule has 0 bridgehead atoms. The van der Waals surface area contributed by atoms with Crippen molar-refractivity contribution in [3.05, 3.63) is 21.0 Å². The first kappa shape index (κ1) is 11.2. The number of aliphatic hydroxyl groups is 1. The minimum absolute atomic E-state index is 0.450. The van der Waals surface area contributed by atoms with Gasteiger partial charge in [-0.25, -0.2) is 0 Å². The van der Waals surface area contributed by atoms with E-state index in [4.69, 9.17) is 10.2 Å². The Bertz CT molecular complexity index is 284. The Hall–Kier alpha value is 0.160. The van der Waals surface area contributed by atoms with Crippen molar-refractivity contribution >= 4 is 31.9 Å². The lowest BCUT2D eigenvalue weighted by atomic mass is 9.97. The van der Waals surface area contributed by atoms with Crippen LogP contribution in [-0.2, 0) is 0 Å². The van der Waals surface area contributed by atoms with E-state index in [2.05, 4.69) is 31.9 Å². The van der Waals surface area contributed by atoms with Crippen molar-refractivity contribution in [1.29, 1.82) is 0 Å². The maximum Gasteiger partial charge on any atom is 0.183 e. The van der Waals surface area contributed by atoms with Gasteiger partial charge in [0.1, 0.15) is 11.9 Å². The lowest BCUT2D eigenvalue weighted by Crippen LogP contribution is -2.39. The summed E-state index contributed by atoms with van der Waals surface area (Å²) in [7, 11) is 0. The molecule has 0 saturated carbocycles. The van der Waals surface area contributed by atoms with Gasteiger partial charge in [0.25, 0.3) is 0 Å². The SMILES string of the molecule is CC(C)(N)C(O)c1cc(Br)c(Br)o1. The molecule has 1 rings (SSSR count). The summed E-state index contributed by atoms with van der Waals surface area (Å²) in [5.41, 5.74) is 5.02. The van der Waals surface area contributed by atoms with Gasteiger partial charge in [-0.05, 0) is 51.8 Å². The average Bonchev–Trinajstić information content (AvgIpc) is 2.29. The maximum absolute atomic E-state index is 9.73. The molecule has 1 aromatic rings. The fourth-order valence-electron chi connectivity index (χ4n) is 0.865. The van der Waals surface area contributed by atoms with Gasteiger partial charge in [-0.15, -0.1) is 0 Å². The predicted molar refractivity (Wildman–Crippen MR) is 57.3 cm³/mol. The Morgan fingerprint density at radius 2 is 2.08 bits per heavy atom. The number of halogens is 2. The third-order valence-corrected chi connectivity index (χ3v) is 3.35. The first-order chi connectivity index (χ1) is 5.82. The summed E-state index contributed by atoms with van der Waals surface area (Å²) in [4.78, 5) is 0. The van der Waals surface area contributed by atoms with Gasteiger partial charge in [-0.2, -0.15) is 0 Å².